The topological polar surface area (TPSA) is 106 Å². The van der Waals surface area contributed by atoms with E-state index in [4.69, 9.17) is 4.74 Å². The predicted octanol–water partition coefficient (Wildman–Crippen LogP) is 4.55. The second-order valence-corrected chi connectivity index (χ2v) is 8.75. The molecule has 0 fully saturated rings. The van der Waals surface area contributed by atoms with Gasteiger partial charge in [-0.3, -0.25) is 19.0 Å². The summed E-state index contributed by atoms with van der Waals surface area (Å²) in [7, 11) is 0. The van der Waals surface area contributed by atoms with Crippen LogP contribution in [0.25, 0.3) is 10.9 Å². The van der Waals surface area contributed by atoms with Crippen LogP contribution in [0.1, 0.15) is 33.6 Å². The molecule has 3 aromatic carbocycles. The minimum absolute atomic E-state index is 0.0968. The quantitative estimate of drug-likeness (QED) is 0.401. The number of nitrogens with zero attached hydrogens (tertiary/aromatic N) is 1. The molecule has 7 nitrogen and oxygen atoms in total. The van der Waals surface area contributed by atoms with E-state index in [0.29, 0.717) is 40.1 Å². The van der Waals surface area contributed by atoms with Gasteiger partial charge in [0.15, 0.2) is 5.41 Å². The van der Waals surface area contributed by atoms with Crippen molar-refractivity contribution in [2.75, 3.05) is 0 Å². The molecule has 0 bridgehead atoms. The normalized spacial score (nSPS) is 14.3. The van der Waals surface area contributed by atoms with E-state index in [1.165, 1.54) is 0 Å². The van der Waals surface area contributed by atoms with Gasteiger partial charge < -0.3 is 14.9 Å². The first-order valence-electron chi connectivity index (χ1n) is 11.3. The smallest absolute Gasteiger partial charge is 0.321 e. The molecule has 0 aliphatic heterocycles. The zero-order chi connectivity index (χ0) is 24.6. The molecule has 1 aromatic heterocycles. The van der Waals surface area contributed by atoms with Gasteiger partial charge in [-0.15, -0.1) is 0 Å². The fourth-order valence-corrected chi connectivity index (χ4v) is 4.80. The summed E-state index contributed by atoms with van der Waals surface area (Å²) in [6.07, 6.45) is -0.150. The molecule has 176 valence electrons. The Hall–Kier alpha value is -4.39. The Bertz CT molecular complexity index is 1420. The van der Waals surface area contributed by atoms with Gasteiger partial charge in [0, 0.05) is 23.1 Å². The van der Waals surface area contributed by atoms with Crippen LogP contribution >= 0.6 is 0 Å². The number of rotatable bonds is 6. The van der Waals surface area contributed by atoms with Gasteiger partial charge in [-0.05, 0) is 54.3 Å². The van der Waals surface area contributed by atoms with E-state index in [-0.39, 0.29) is 25.2 Å². The number of aromatic nitrogens is 1. The van der Waals surface area contributed by atoms with Crippen molar-refractivity contribution in [2.45, 2.75) is 25.9 Å². The highest BCUT2D eigenvalue weighted by Gasteiger charge is 2.50. The van der Waals surface area contributed by atoms with Crippen molar-refractivity contribution in [3.05, 3.63) is 101 Å². The van der Waals surface area contributed by atoms with Gasteiger partial charge in [0.2, 0.25) is 0 Å². The van der Waals surface area contributed by atoms with Crippen LogP contribution in [0, 0.1) is 5.41 Å². The number of carbonyl (C=O) groups is 3. The highest BCUT2D eigenvalue weighted by molar-refractivity contribution is 6.06. The summed E-state index contributed by atoms with van der Waals surface area (Å²) in [5.74, 6) is -2.44. The zero-order valence-corrected chi connectivity index (χ0v) is 18.8. The molecule has 0 atom stereocenters. The summed E-state index contributed by atoms with van der Waals surface area (Å²) < 4.78 is 7.56. The summed E-state index contributed by atoms with van der Waals surface area (Å²) in [4.78, 5) is 37.7. The maximum atomic E-state index is 13.5. The van der Waals surface area contributed by atoms with Crippen molar-refractivity contribution >= 4 is 28.7 Å². The van der Waals surface area contributed by atoms with E-state index in [9.17, 15) is 24.6 Å². The summed E-state index contributed by atoms with van der Waals surface area (Å²) in [6.45, 7) is 0.340. The van der Waals surface area contributed by atoms with E-state index in [0.717, 1.165) is 5.56 Å². The van der Waals surface area contributed by atoms with Crippen molar-refractivity contribution < 1.29 is 29.3 Å². The fourth-order valence-electron chi connectivity index (χ4n) is 4.80. The Balaban J connectivity index is 1.63. The molecule has 0 amide bonds. The van der Waals surface area contributed by atoms with Crippen molar-refractivity contribution in [2.24, 2.45) is 5.41 Å². The average molecular weight is 469 g/mol. The Morgan fingerprint density at radius 1 is 0.886 bits per heavy atom. The van der Waals surface area contributed by atoms with E-state index < -0.39 is 17.4 Å². The molecule has 0 saturated carbocycles. The molecular formula is C28H23NO6. The third-order valence-electron chi connectivity index (χ3n) is 6.71. The molecule has 1 aliphatic rings. The standard InChI is InChI=1S/C28H23NO6/c30-25(19-9-5-2-6-10-19)29-23-12-11-20(35-17-18-7-3-1-4-8-18)15-21(23)22-16-28(26(31)32,27(33)34)14-13-24(22)29/h1-12,15H,13-14,16-17H2,(H,31,32)(H,33,34). The largest absolute Gasteiger partial charge is 0.489 e. The number of carboxylic acids is 2. The molecule has 0 spiro atoms. The van der Waals surface area contributed by atoms with E-state index in [1.807, 2.05) is 36.4 Å². The van der Waals surface area contributed by atoms with Gasteiger partial charge >= 0.3 is 11.9 Å². The number of carbonyl (C=O) groups excluding carboxylic acids is 1. The summed E-state index contributed by atoms with van der Waals surface area (Å²) in [5.41, 5.74) is 1.34. The van der Waals surface area contributed by atoms with E-state index in [1.54, 1.807) is 47.0 Å². The van der Waals surface area contributed by atoms with Crippen LogP contribution in [0.4, 0.5) is 0 Å². The molecule has 1 heterocycles. The molecule has 1 aliphatic carbocycles. The number of hydrogen-bond acceptors (Lipinski definition) is 4. The molecule has 2 N–H and O–H groups in total. The van der Waals surface area contributed by atoms with E-state index in [2.05, 4.69) is 0 Å². The minimum atomic E-state index is -1.94. The first-order chi connectivity index (χ1) is 16.9. The molecule has 35 heavy (non-hydrogen) atoms. The number of carboxylic acid groups (broad SMARTS) is 2. The number of hydrogen-bond donors (Lipinski definition) is 2. The lowest BCUT2D eigenvalue weighted by Gasteiger charge is -2.29. The van der Waals surface area contributed by atoms with Gasteiger partial charge in [0.1, 0.15) is 12.4 Å². The van der Waals surface area contributed by atoms with Crippen LogP contribution in [-0.4, -0.2) is 32.6 Å². The lowest BCUT2D eigenvalue weighted by Crippen LogP contribution is -2.44. The van der Waals surface area contributed by atoms with Crippen molar-refractivity contribution in [3.63, 3.8) is 0 Å². The van der Waals surface area contributed by atoms with Crippen LogP contribution in [0.15, 0.2) is 78.9 Å². The maximum absolute atomic E-state index is 13.5. The number of aliphatic carboxylic acids is 2. The molecule has 0 radical (unpaired) electrons. The monoisotopic (exact) mass is 469 g/mol. The first-order valence-corrected chi connectivity index (χ1v) is 11.3. The van der Waals surface area contributed by atoms with Crippen LogP contribution in [0.5, 0.6) is 5.75 Å². The second kappa shape index (κ2) is 8.76. The lowest BCUT2D eigenvalue weighted by atomic mass is 9.72. The van der Waals surface area contributed by atoms with Gasteiger partial charge in [-0.25, -0.2) is 0 Å². The predicted molar refractivity (Wildman–Crippen MR) is 129 cm³/mol. The Morgan fingerprint density at radius 3 is 2.20 bits per heavy atom. The third-order valence-corrected chi connectivity index (χ3v) is 6.71. The van der Waals surface area contributed by atoms with Gasteiger partial charge in [-0.2, -0.15) is 0 Å². The van der Waals surface area contributed by atoms with Gasteiger partial charge in [0.25, 0.3) is 5.91 Å². The van der Waals surface area contributed by atoms with Crippen LogP contribution < -0.4 is 4.74 Å². The zero-order valence-electron chi connectivity index (χ0n) is 18.8. The van der Waals surface area contributed by atoms with Gasteiger partial charge in [0.05, 0.1) is 5.52 Å². The summed E-state index contributed by atoms with van der Waals surface area (Å²) >= 11 is 0. The highest BCUT2D eigenvalue weighted by Crippen LogP contribution is 2.42. The van der Waals surface area contributed by atoms with Gasteiger partial charge in [-0.1, -0.05) is 48.5 Å². The summed E-state index contributed by atoms with van der Waals surface area (Å²) in [6, 6.07) is 23.8. The SMILES string of the molecule is O=C(c1ccccc1)n1c2c(c3cc(OCc4ccccc4)ccc31)CC(C(=O)O)(C(=O)O)CC2. The molecule has 7 heteroatoms. The highest BCUT2D eigenvalue weighted by atomic mass is 16.5. The van der Waals surface area contributed by atoms with Crippen molar-refractivity contribution in [3.8, 4) is 5.75 Å². The molecule has 0 unspecified atom stereocenters. The number of benzene rings is 3. The maximum Gasteiger partial charge on any atom is 0.321 e. The minimum Gasteiger partial charge on any atom is -0.489 e. The lowest BCUT2D eigenvalue weighted by molar-refractivity contribution is -0.165. The Kier molecular flexibility index (Phi) is 5.61. The van der Waals surface area contributed by atoms with Crippen LogP contribution in [-0.2, 0) is 29.0 Å². The number of ether oxygens (including phenoxy) is 1. The number of fused-ring (bicyclic) bond motifs is 3. The Morgan fingerprint density at radius 2 is 1.54 bits per heavy atom. The van der Waals surface area contributed by atoms with Crippen molar-refractivity contribution in [1.82, 2.24) is 4.57 Å². The first kappa shape index (κ1) is 22.4. The average Bonchev–Trinajstić information content (AvgIpc) is 3.20. The van der Waals surface area contributed by atoms with Crippen molar-refractivity contribution in [1.29, 1.82) is 0 Å². The molecule has 0 saturated heterocycles. The Labute approximate surface area is 201 Å². The van der Waals surface area contributed by atoms with Crippen LogP contribution in [0.3, 0.4) is 0 Å². The summed E-state index contributed by atoms with van der Waals surface area (Å²) in [5, 5.41) is 20.3. The fraction of sp³-hybridized carbons (Fsp3) is 0.179. The molecule has 4 aromatic rings. The third kappa shape index (κ3) is 3.85. The second-order valence-electron chi connectivity index (χ2n) is 8.75. The molecular weight excluding hydrogens is 446 g/mol. The molecule has 5 rings (SSSR count). The van der Waals surface area contributed by atoms with Crippen LogP contribution in [0.2, 0.25) is 0 Å². The van der Waals surface area contributed by atoms with E-state index >= 15 is 0 Å².